The lowest BCUT2D eigenvalue weighted by atomic mass is 10.0. The number of carbonyl (C=O) groups excluding carboxylic acids is 1. The third-order valence-corrected chi connectivity index (χ3v) is 2.53. The number of aliphatic carboxylic acids is 1. The lowest BCUT2D eigenvalue weighted by Gasteiger charge is -2.19. The fourth-order valence-corrected chi connectivity index (χ4v) is 1.53. The predicted octanol–water partition coefficient (Wildman–Crippen LogP) is 0.248. The van der Waals surface area contributed by atoms with E-state index in [0.717, 1.165) is 0 Å². The Kier molecular flexibility index (Phi) is 4.08. The highest BCUT2D eigenvalue weighted by atomic mass is 16.5. The van der Waals surface area contributed by atoms with Crippen molar-refractivity contribution in [2.45, 2.75) is 26.3 Å². The molecule has 0 radical (unpaired) electrons. The Labute approximate surface area is 88.8 Å². The predicted molar refractivity (Wildman–Crippen MR) is 53.3 cm³/mol. The molecule has 0 aromatic heterocycles. The number of carbonyl (C=O) groups is 2. The number of carboxylic acid groups (broad SMARTS) is 1. The molecule has 1 fully saturated rings. The molecule has 1 rings (SSSR count). The highest BCUT2D eigenvalue weighted by Gasteiger charge is 2.29. The molecule has 1 saturated heterocycles. The lowest BCUT2D eigenvalue weighted by Crippen LogP contribution is -2.46. The van der Waals surface area contributed by atoms with Crippen LogP contribution in [0.1, 0.15) is 20.3 Å². The molecule has 0 bridgehead atoms. The highest BCUT2D eigenvalue weighted by molar-refractivity contribution is 5.85. The third kappa shape index (κ3) is 3.20. The zero-order valence-corrected chi connectivity index (χ0v) is 9.03. The molecular formula is C10H17NO4. The minimum absolute atomic E-state index is 0.117. The van der Waals surface area contributed by atoms with Gasteiger partial charge in [0.2, 0.25) is 5.91 Å². The Morgan fingerprint density at radius 3 is 2.53 bits per heavy atom. The molecule has 0 aromatic rings. The average molecular weight is 215 g/mol. The van der Waals surface area contributed by atoms with Gasteiger partial charge in [0.05, 0.1) is 12.5 Å². The lowest BCUT2D eigenvalue weighted by molar-refractivity contribution is -0.143. The van der Waals surface area contributed by atoms with Crippen molar-refractivity contribution < 1.29 is 19.4 Å². The molecule has 0 saturated carbocycles. The van der Waals surface area contributed by atoms with Crippen molar-refractivity contribution in [1.82, 2.24) is 5.32 Å². The highest BCUT2D eigenvalue weighted by Crippen LogP contribution is 2.13. The van der Waals surface area contributed by atoms with Gasteiger partial charge >= 0.3 is 5.97 Å². The first-order valence-electron chi connectivity index (χ1n) is 5.13. The van der Waals surface area contributed by atoms with Crippen LogP contribution in [-0.2, 0) is 14.3 Å². The molecule has 2 N–H and O–H groups in total. The van der Waals surface area contributed by atoms with Gasteiger partial charge in [0.15, 0.2) is 0 Å². The van der Waals surface area contributed by atoms with E-state index >= 15 is 0 Å². The Morgan fingerprint density at radius 1 is 1.47 bits per heavy atom. The van der Waals surface area contributed by atoms with Crippen molar-refractivity contribution in [3.63, 3.8) is 0 Å². The number of rotatable bonds is 4. The maximum Gasteiger partial charge on any atom is 0.326 e. The van der Waals surface area contributed by atoms with Crippen LogP contribution in [0.3, 0.4) is 0 Å². The second kappa shape index (κ2) is 5.11. The van der Waals surface area contributed by atoms with Crippen LogP contribution in [-0.4, -0.2) is 36.2 Å². The molecule has 0 spiro atoms. The Balaban J connectivity index is 2.50. The smallest absolute Gasteiger partial charge is 0.326 e. The first-order chi connectivity index (χ1) is 7.02. The van der Waals surface area contributed by atoms with Gasteiger partial charge in [0, 0.05) is 6.61 Å². The van der Waals surface area contributed by atoms with Crippen molar-refractivity contribution >= 4 is 11.9 Å². The van der Waals surface area contributed by atoms with Crippen LogP contribution < -0.4 is 5.32 Å². The van der Waals surface area contributed by atoms with E-state index in [1.807, 2.05) is 0 Å². The Morgan fingerprint density at radius 2 is 2.13 bits per heavy atom. The first-order valence-corrected chi connectivity index (χ1v) is 5.13. The summed E-state index contributed by atoms with van der Waals surface area (Å²) in [7, 11) is 0. The maximum atomic E-state index is 11.6. The Bertz CT molecular complexity index is 246. The van der Waals surface area contributed by atoms with E-state index in [1.165, 1.54) is 0 Å². The number of nitrogens with one attached hydrogen (secondary N) is 1. The van der Waals surface area contributed by atoms with Crippen LogP contribution in [0.15, 0.2) is 0 Å². The van der Waals surface area contributed by atoms with E-state index in [1.54, 1.807) is 13.8 Å². The molecule has 1 aliphatic heterocycles. The van der Waals surface area contributed by atoms with Gasteiger partial charge in [-0.2, -0.15) is 0 Å². The van der Waals surface area contributed by atoms with Gasteiger partial charge in [-0.3, -0.25) is 4.79 Å². The van der Waals surface area contributed by atoms with Gasteiger partial charge in [-0.1, -0.05) is 13.8 Å². The summed E-state index contributed by atoms with van der Waals surface area (Å²) in [4.78, 5) is 22.5. The summed E-state index contributed by atoms with van der Waals surface area (Å²) in [5.41, 5.74) is 0. The quantitative estimate of drug-likeness (QED) is 0.704. The largest absolute Gasteiger partial charge is 0.480 e. The second-order valence-electron chi connectivity index (χ2n) is 4.13. The van der Waals surface area contributed by atoms with Gasteiger partial charge < -0.3 is 15.2 Å². The van der Waals surface area contributed by atoms with Gasteiger partial charge in [-0.25, -0.2) is 4.79 Å². The summed E-state index contributed by atoms with van der Waals surface area (Å²) in [5, 5.41) is 11.4. The van der Waals surface area contributed by atoms with E-state index in [2.05, 4.69) is 5.32 Å². The van der Waals surface area contributed by atoms with E-state index in [-0.39, 0.29) is 17.7 Å². The molecule has 15 heavy (non-hydrogen) atoms. The summed E-state index contributed by atoms with van der Waals surface area (Å²) >= 11 is 0. The molecule has 5 nitrogen and oxygen atoms in total. The van der Waals surface area contributed by atoms with Crippen molar-refractivity contribution in [1.29, 1.82) is 0 Å². The minimum atomic E-state index is -0.989. The minimum Gasteiger partial charge on any atom is -0.480 e. The molecule has 1 amide bonds. The molecular weight excluding hydrogens is 198 g/mol. The molecule has 0 aliphatic carbocycles. The monoisotopic (exact) mass is 215 g/mol. The summed E-state index contributed by atoms with van der Waals surface area (Å²) in [6.45, 7) is 4.52. The van der Waals surface area contributed by atoms with Crippen LogP contribution in [0.5, 0.6) is 0 Å². The van der Waals surface area contributed by atoms with Crippen LogP contribution in [0, 0.1) is 11.8 Å². The third-order valence-electron chi connectivity index (χ3n) is 2.53. The number of carboxylic acids is 1. The van der Waals surface area contributed by atoms with Crippen molar-refractivity contribution in [3.05, 3.63) is 0 Å². The Hall–Kier alpha value is -1.10. The summed E-state index contributed by atoms with van der Waals surface area (Å²) in [6, 6.07) is -0.807. The standard InChI is InChI=1S/C10H17NO4/c1-6(2)8(10(13)14)11-9(12)7-3-4-15-5-7/h6-8H,3-5H2,1-2H3,(H,11,12)(H,13,14)/t7?,8-/m1/s1. The van der Waals surface area contributed by atoms with Crippen LogP contribution in [0.4, 0.5) is 0 Å². The number of ether oxygens (including phenoxy) is 1. The van der Waals surface area contributed by atoms with Gasteiger partial charge in [0.25, 0.3) is 0 Å². The molecule has 1 heterocycles. The number of hydrogen-bond donors (Lipinski definition) is 2. The molecule has 86 valence electrons. The van der Waals surface area contributed by atoms with E-state index < -0.39 is 12.0 Å². The second-order valence-corrected chi connectivity index (χ2v) is 4.13. The SMILES string of the molecule is CC(C)[C@@H](NC(=O)C1CCOC1)C(=O)O. The van der Waals surface area contributed by atoms with E-state index in [4.69, 9.17) is 9.84 Å². The fourth-order valence-electron chi connectivity index (χ4n) is 1.53. The average Bonchev–Trinajstić information content (AvgIpc) is 2.65. The molecule has 1 aliphatic rings. The van der Waals surface area contributed by atoms with Crippen molar-refractivity contribution in [2.24, 2.45) is 11.8 Å². The normalized spacial score (nSPS) is 22.7. The first kappa shape index (κ1) is 12.0. The van der Waals surface area contributed by atoms with E-state index in [9.17, 15) is 9.59 Å². The zero-order chi connectivity index (χ0) is 11.4. The number of amides is 1. The summed E-state index contributed by atoms with van der Waals surface area (Å²) in [6.07, 6.45) is 0.677. The van der Waals surface area contributed by atoms with Gasteiger partial charge in [0.1, 0.15) is 6.04 Å². The summed E-state index contributed by atoms with van der Waals surface area (Å²) in [5.74, 6) is -1.51. The topological polar surface area (TPSA) is 75.6 Å². The van der Waals surface area contributed by atoms with Gasteiger partial charge in [-0.15, -0.1) is 0 Å². The molecule has 0 aromatic carbocycles. The van der Waals surface area contributed by atoms with Gasteiger partial charge in [-0.05, 0) is 12.3 Å². The zero-order valence-electron chi connectivity index (χ0n) is 9.03. The molecule has 2 atom stereocenters. The van der Waals surface area contributed by atoms with Crippen LogP contribution in [0.2, 0.25) is 0 Å². The maximum absolute atomic E-state index is 11.6. The summed E-state index contributed by atoms with van der Waals surface area (Å²) < 4.78 is 5.07. The van der Waals surface area contributed by atoms with Crippen molar-refractivity contribution in [3.8, 4) is 0 Å². The van der Waals surface area contributed by atoms with Crippen LogP contribution in [0.25, 0.3) is 0 Å². The van der Waals surface area contributed by atoms with Crippen molar-refractivity contribution in [2.75, 3.05) is 13.2 Å². The molecule has 1 unspecified atom stereocenters. The van der Waals surface area contributed by atoms with Crippen LogP contribution >= 0.6 is 0 Å². The van der Waals surface area contributed by atoms with E-state index in [0.29, 0.717) is 19.6 Å². The molecule has 5 heteroatoms. The number of hydrogen-bond acceptors (Lipinski definition) is 3. The fraction of sp³-hybridized carbons (Fsp3) is 0.800.